The molecule has 18 heavy (non-hydrogen) atoms. The highest BCUT2D eigenvalue weighted by atomic mass is 32.2. The molecular weight excluding hydrogens is 262 g/mol. The van der Waals surface area contributed by atoms with Gasteiger partial charge in [0.15, 0.2) is 0 Å². The largest absolute Gasteiger partial charge is 0.374 e. The second-order valence-electron chi connectivity index (χ2n) is 5.41. The van der Waals surface area contributed by atoms with Crippen molar-refractivity contribution in [2.45, 2.75) is 30.9 Å². The zero-order chi connectivity index (χ0) is 12.4. The van der Waals surface area contributed by atoms with Gasteiger partial charge in [-0.05, 0) is 60.4 Å². The van der Waals surface area contributed by atoms with Crippen molar-refractivity contribution in [3.63, 3.8) is 0 Å². The van der Waals surface area contributed by atoms with Gasteiger partial charge in [-0.2, -0.15) is 23.1 Å². The summed E-state index contributed by atoms with van der Waals surface area (Å²) in [7, 11) is 2.09. The molecule has 1 spiro atoms. The van der Waals surface area contributed by atoms with Gasteiger partial charge in [0.1, 0.15) is 0 Å². The molecule has 0 bridgehead atoms. The average molecular weight is 283 g/mol. The molecule has 4 heteroatoms. The summed E-state index contributed by atoms with van der Waals surface area (Å²) in [4.78, 5) is 0. The lowest BCUT2D eigenvalue weighted by Gasteiger charge is -2.40. The highest BCUT2D eigenvalue weighted by Crippen LogP contribution is 2.44. The van der Waals surface area contributed by atoms with Crippen molar-refractivity contribution < 1.29 is 4.74 Å². The maximum Gasteiger partial charge on any atom is 0.0783 e. The van der Waals surface area contributed by atoms with Crippen LogP contribution >= 0.6 is 23.1 Å². The first kappa shape index (κ1) is 13.0. The zero-order valence-electron chi connectivity index (χ0n) is 10.9. The van der Waals surface area contributed by atoms with E-state index in [9.17, 15) is 0 Å². The van der Waals surface area contributed by atoms with Gasteiger partial charge in [0.05, 0.1) is 5.60 Å². The van der Waals surface area contributed by atoms with Crippen LogP contribution in [0, 0.1) is 5.92 Å². The minimum atomic E-state index is 0.193. The molecule has 1 aromatic heterocycles. The lowest BCUT2D eigenvalue weighted by molar-refractivity contribution is -0.0850. The molecular formula is C14H21NOS2. The molecule has 2 aliphatic rings. The Balaban J connectivity index is 1.74. The van der Waals surface area contributed by atoms with E-state index in [0.717, 1.165) is 12.5 Å². The first-order valence-electron chi connectivity index (χ1n) is 6.74. The van der Waals surface area contributed by atoms with Crippen LogP contribution in [0.4, 0.5) is 0 Å². The maximum atomic E-state index is 6.12. The molecule has 2 saturated heterocycles. The summed E-state index contributed by atoms with van der Waals surface area (Å²) in [6.07, 6.45) is 3.66. The maximum absolute atomic E-state index is 6.12. The molecule has 2 fully saturated rings. The van der Waals surface area contributed by atoms with Crippen molar-refractivity contribution in [1.82, 2.24) is 5.32 Å². The van der Waals surface area contributed by atoms with E-state index in [1.165, 1.54) is 36.3 Å². The van der Waals surface area contributed by atoms with Crippen LogP contribution in [0.25, 0.3) is 0 Å². The molecule has 2 nitrogen and oxygen atoms in total. The second-order valence-corrected chi connectivity index (χ2v) is 7.30. The third kappa shape index (κ3) is 2.48. The lowest BCUT2D eigenvalue weighted by Crippen LogP contribution is -2.43. The summed E-state index contributed by atoms with van der Waals surface area (Å²) in [5, 5.41) is 7.99. The van der Waals surface area contributed by atoms with Crippen LogP contribution in [0.5, 0.6) is 0 Å². The minimum Gasteiger partial charge on any atom is -0.374 e. The fourth-order valence-electron chi connectivity index (χ4n) is 3.34. The van der Waals surface area contributed by atoms with E-state index in [4.69, 9.17) is 4.74 Å². The standard InChI is InChI=1S/C14H21NOS2/c1-15-13(12-3-6-17-9-12)11-2-5-16-14(8-11)4-7-18-10-14/h3,6,9,11,13,15H,2,4-5,7-8,10H2,1H3. The van der Waals surface area contributed by atoms with Crippen molar-refractivity contribution in [3.05, 3.63) is 22.4 Å². The van der Waals surface area contributed by atoms with Gasteiger partial charge < -0.3 is 10.1 Å². The normalized spacial score (nSPS) is 33.9. The molecule has 100 valence electrons. The topological polar surface area (TPSA) is 21.3 Å². The van der Waals surface area contributed by atoms with E-state index in [-0.39, 0.29) is 5.60 Å². The van der Waals surface area contributed by atoms with E-state index in [2.05, 4.69) is 41.0 Å². The molecule has 0 amide bonds. The van der Waals surface area contributed by atoms with Gasteiger partial charge in [-0.1, -0.05) is 0 Å². The minimum absolute atomic E-state index is 0.193. The summed E-state index contributed by atoms with van der Waals surface area (Å²) in [6, 6.07) is 2.76. The molecule has 0 aromatic carbocycles. The summed E-state index contributed by atoms with van der Waals surface area (Å²) in [6.45, 7) is 0.938. The molecule has 1 N–H and O–H groups in total. The van der Waals surface area contributed by atoms with Crippen molar-refractivity contribution in [2.75, 3.05) is 25.2 Å². The van der Waals surface area contributed by atoms with Gasteiger partial charge >= 0.3 is 0 Å². The number of hydrogen-bond donors (Lipinski definition) is 1. The molecule has 0 aliphatic carbocycles. The van der Waals surface area contributed by atoms with Gasteiger partial charge in [-0.15, -0.1) is 0 Å². The molecule has 3 heterocycles. The summed E-state index contributed by atoms with van der Waals surface area (Å²) < 4.78 is 6.12. The number of nitrogens with one attached hydrogen (secondary N) is 1. The van der Waals surface area contributed by atoms with Crippen LogP contribution in [-0.2, 0) is 4.74 Å². The number of thioether (sulfide) groups is 1. The zero-order valence-corrected chi connectivity index (χ0v) is 12.5. The molecule has 1 aromatic rings. The van der Waals surface area contributed by atoms with E-state index < -0.39 is 0 Å². The van der Waals surface area contributed by atoms with Crippen molar-refractivity contribution >= 4 is 23.1 Å². The van der Waals surface area contributed by atoms with Crippen molar-refractivity contribution in [3.8, 4) is 0 Å². The fraction of sp³-hybridized carbons (Fsp3) is 0.714. The summed E-state index contributed by atoms with van der Waals surface area (Å²) in [5.74, 6) is 3.19. The van der Waals surface area contributed by atoms with Crippen LogP contribution in [0.1, 0.15) is 30.9 Å². The fourth-order valence-corrected chi connectivity index (χ4v) is 5.41. The summed E-state index contributed by atoms with van der Waals surface area (Å²) >= 11 is 3.85. The Morgan fingerprint density at radius 3 is 3.17 bits per heavy atom. The molecule has 2 aliphatic heterocycles. The highest BCUT2D eigenvalue weighted by molar-refractivity contribution is 7.99. The summed E-state index contributed by atoms with van der Waals surface area (Å²) in [5.41, 5.74) is 1.65. The molecule has 0 saturated carbocycles. The van der Waals surface area contributed by atoms with E-state index in [1.807, 2.05) is 0 Å². The van der Waals surface area contributed by atoms with Crippen LogP contribution < -0.4 is 5.32 Å². The predicted octanol–water partition coefficient (Wildman–Crippen LogP) is 3.31. The molecule has 0 radical (unpaired) electrons. The third-order valence-corrected chi connectivity index (χ3v) is 6.21. The van der Waals surface area contributed by atoms with Crippen molar-refractivity contribution in [2.24, 2.45) is 5.92 Å². The van der Waals surface area contributed by atoms with Gasteiger partial charge in [0.25, 0.3) is 0 Å². The highest BCUT2D eigenvalue weighted by Gasteiger charge is 2.42. The predicted molar refractivity (Wildman–Crippen MR) is 79.5 cm³/mol. The van der Waals surface area contributed by atoms with Crippen LogP contribution in [0.3, 0.4) is 0 Å². The SMILES string of the molecule is CNC(c1ccsc1)C1CCOC2(CCSC2)C1. The van der Waals surface area contributed by atoms with Gasteiger partial charge in [-0.3, -0.25) is 0 Å². The Labute approximate surface area is 117 Å². The van der Waals surface area contributed by atoms with E-state index >= 15 is 0 Å². The van der Waals surface area contributed by atoms with Crippen LogP contribution in [0.2, 0.25) is 0 Å². The Morgan fingerprint density at radius 1 is 1.56 bits per heavy atom. The molecule has 3 atom stereocenters. The Bertz CT molecular complexity index is 373. The lowest BCUT2D eigenvalue weighted by atomic mass is 9.79. The first-order chi connectivity index (χ1) is 8.83. The Hall–Kier alpha value is -0.0300. The van der Waals surface area contributed by atoms with Gasteiger partial charge in [0, 0.05) is 18.4 Å². The van der Waals surface area contributed by atoms with E-state index in [1.54, 1.807) is 11.3 Å². The molecule has 3 unspecified atom stereocenters. The molecule has 3 rings (SSSR count). The quantitative estimate of drug-likeness (QED) is 0.919. The van der Waals surface area contributed by atoms with Crippen LogP contribution in [-0.4, -0.2) is 30.8 Å². The second kappa shape index (κ2) is 5.53. The number of rotatable bonds is 3. The first-order valence-corrected chi connectivity index (χ1v) is 8.84. The van der Waals surface area contributed by atoms with Gasteiger partial charge in [-0.25, -0.2) is 0 Å². The Kier molecular flexibility index (Phi) is 3.99. The average Bonchev–Trinajstić information content (AvgIpc) is 3.03. The Morgan fingerprint density at radius 2 is 2.50 bits per heavy atom. The van der Waals surface area contributed by atoms with Crippen molar-refractivity contribution in [1.29, 1.82) is 0 Å². The number of hydrogen-bond acceptors (Lipinski definition) is 4. The number of ether oxygens (including phenoxy) is 1. The van der Waals surface area contributed by atoms with Crippen LogP contribution in [0.15, 0.2) is 16.8 Å². The third-order valence-electron chi connectivity index (χ3n) is 4.28. The van der Waals surface area contributed by atoms with Gasteiger partial charge in [0.2, 0.25) is 0 Å². The monoisotopic (exact) mass is 283 g/mol. The smallest absolute Gasteiger partial charge is 0.0783 e. The number of thiophene rings is 1. The van der Waals surface area contributed by atoms with E-state index in [0.29, 0.717) is 6.04 Å².